The lowest BCUT2D eigenvalue weighted by atomic mass is 9.72. The number of aromatic nitrogens is 1. The molecule has 1 aromatic heterocycles. The number of hydrogen-bond donors (Lipinski definition) is 0. The first-order chi connectivity index (χ1) is 8.49. The molecule has 1 nitrogen and oxygen atoms in total. The highest BCUT2D eigenvalue weighted by Gasteiger charge is 2.29. The Hall–Kier alpha value is -1.37. The summed E-state index contributed by atoms with van der Waals surface area (Å²) in [6.45, 7) is 9.27. The van der Waals surface area contributed by atoms with Crippen LogP contribution < -0.4 is 0 Å². The van der Waals surface area contributed by atoms with Gasteiger partial charge >= 0.3 is 0 Å². The fourth-order valence-corrected chi connectivity index (χ4v) is 3.04. The molecule has 0 saturated heterocycles. The first kappa shape index (κ1) is 11.7. The number of nitrogens with zero attached hydrogens (tertiary/aromatic N) is 1. The summed E-state index contributed by atoms with van der Waals surface area (Å²) in [4.78, 5) is 4.58. The van der Waals surface area contributed by atoms with E-state index in [0.717, 1.165) is 6.42 Å². The van der Waals surface area contributed by atoms with E-state index in [2.05, 4.69) is 50.9 Å². The standard InChI is InChI=1S/C17H21N/c1-11(2)13-9-12-6-8-18-15-5-7-17(3,4)14(10-13)16(12)15/h6,8-11H,5,7H2,1-4H3. The molecule has 0 unspecified atom stereocenters. The largest absolute Gasteiger partial charge is 0.261 e. The molecule has 0 spiro atoms. The van der Waals surface area contributed by atoms with Crippen molar-refractivity contribution in [1.82, 2.24) is 4.98 Å². The van der Waals surface area contributed by atoms with Crippen LogP contribution in [0.25, 0.3) is 10.8 Å². The highest BCUT2D eigenvalue weighted by molar-refractivity contribution is 5.90. The molecule has 1 aliphatic rings. The molecule has 0 aliphatic heterocycles. The van der Waals surface area contributed by atoms with E-state index in [1.165, 1.54) is 34.0 Å². The Morgan fingerprint density at radius 1 is 1.22 bits per heavy atom. The van der Waals surface area contributed by atoms with Crippen LogP contribution in [0.1, 0.15) is 56.9 Å². The Bertz CT molecular complexity index is 608. The van der Waals surface area contributed by atoms with Gasteiger partial charge in [0.25, 0.3) is 0 Å². The van der Waals surface area contributed by atoms with E-state index >= 15 is 0 Å². The summed E-state index contributed by atoms with van der Waals surface area (Å²) in [6.07, 6.45) is 4.27. The highest BCUT2D eigenvalue weighted by Crippen LogP contribution is 2.41. The van der Waals surface area contributed by atoms with Crippen molar-refractivity contribution in [3.63, 3.8) is 0 Å². The van der Waals surface area contributed by atoms with Crippen molar-refractivity contribution in [2.45, 2.75) is 51.9 Å². The molecule has 0 radical (unpaired) electrons. The summed E-state index contributed by atoms with van der Waals surface area (Å²) >= 11 is 0. The van der Waals surface area contributed by atoms with Crippen LogP contribution in [0.3, 0.4) is 0 Å². The van der Waals surface area contributed by atoms with E-state index in [1.54, 1.807) is 0 Å². The molecule has 0 N–H and O–H groups in total. The van der Waals surface area contributed by atoms with Crippen molar-refractivity contribution in [3.05, 3.63) is 41.2 Å². The molecule has 0 fully saturated rings. The van der Waals surface area contributed by atoms with Gasteiger partial charge in [0, 0.05) is 17.3 Å². The maximum atomic E-state index is 4.58. The van der Waals surface area contributed by atoms with Gasteiger partial charge in [0.15, 0.2) is 0 Å². The predicted octanol–water partition coefficient (Wildman–Crippen LogP) is 4.58. The van der Waals surface area contributed by atoms with Gasteiger partial charge in [0.05, 0.1) is 0 Å². The second-order valence-electron chi connectivity index (χ2n) is 6.46. The third kappa shape index (κ3) is 1.65. The zero-order chi connectivity index (χ0) is 12.9. The quantitative estimate of drug-likeness (QED) is 0.709. The minimum Gasteiger partial charge on any atom is -0.261 e. The topological polar surface area (TPSA) is 12.9 Å². The Kier molecular flexibility index (Phi) is 2.48. The summed E-state index contributed by atoms with van der Waals surface area (Å²) in [5, 5.41) is 2.78. The van der Waals surface area contributed by atoms with Crippen molar-refractivity contribution in [3.8, 4) is 0 Å². The summed E-state index contributed by atoms with van der Waals surface area (Å²) in [5.41, 5.74) is 4.51. The van der Waals surface area contributed by atoms with Gasteiger partial charge in [-0.05, 0) is 46.8 Å². The number of benzene rings is 1. The molecule has 3 rings (SSSR count). The van der Waals surface area contributed by atoms with E-state index in [-0.39, 0.29) is 5.41 Å². The van der Waals surface area contributed by atoms with Gasteiger partial charge in [0.2, 0.25) is 0 Å². The lowest BCUT2D eigenvalue weighted by molar-refractivity contribution is 0.470. The van der Waals surface area contributed by atoms with Gasteiger partial charge in [-0.15, -0.1) is 0 Å². The molecule has 0 saturated carbocycles. The molecular formula is C17H21N. The maximum absolute atomic E-state index is 4.58. The maximum Gasteiger partial charge on any atom is 0.0485 e. The lowest BCUT2D eigenvalue weighted by Crippen LogP contribution is -2.23. The van der Waals surface area contributed by atoms with E-state index in [9.17, 15) is 0 Å². The molecule has 94 valence electrons. The Balaban J connectivity index is 2.40. The Morgan fingerprint density at radius 3 is 2.72 bits per heavy atom. The zero-order valence-electron chi connectivity index (χ0n) is 11.7. The molecule has 1 heterocycles. The van der Waals surface area contributed by atoms with E-state index < -0.39 is 0 Å². The molecule has 0 atom stereocenters. The van der Waals surface area contributed by atoms with Crippen LogP contribution in [-0.2, 0) is 11.8 Å². The molecular weight excluding hydrogens is 218 g/mol. The first-order valence-electron chi connectivity index (χ1n) is 6.91. The SMILES string of the molecule is CC(C)c1cc2c3c(nccc3c1)CCC2(C)C. The van der Waals surface area contributed by atoms with Crippen molar-refractivity contribution in [2.75, 3.05) is 0 Å². The van der Waals surface area contributed by atoms with Crippen LogP contribution >= 0.6 is 0 Å². The van der Waals surface area contributed by atoms with Crippen LogP contribution in [0.15, 0.2) is 24.4 Å². The number of pyridine rings is 1. The van der Waals surface area contributed by atoms with Crippen LogP contribution in [0.5, 0.6) is 0 Å². The van der Waals surface area contributed by atoms with Crippen molar-refractivity contribution >= 4 is 10.8 Å². The van der Waals surface area contributed by atoms with Gasteiger partial charge in [-0.2, -0.15) is 0 Å². The normalized spacial score (nSPS) is 17.4. The number of hydrogen-bond acceptors (Lipinski definition) is 1. The molecule has 1 aromatic carbocycles. The van der Waals surface area contributed by atoms with E-state index in [4.69, 9.17) is 0 Å². The second kappa shape index (κ2) is 3.81. The average Bonchev–Trinajstić information content (AvgIpc) is 2.33. The number of rotatable bonds is 1. The monoisotopic (exact) mass is 239 g/mol. The Labute approximate surface area is 109 Å². The van der Waals surface area contributed by atoms with Crippen LogP contribution in [0.4, 0.5) is 0 Å². The third-order valence-electron chi connectivity index (χ3n) is 4.35. The average molecular weight is 239 g/mol. The van der Waals surface area contributed by atoms with E-state index in [1.807, 2.05) is 6.20 Å². The predicted molar refractivity (Wildman–Crippen MR) is 77.2 cm³/mol. The van der Waals surface area contributed by atoms with Gasteiger partial charge < -0.3 is 0 Å². The van der Waals surface area contributed by atoms with Crippen molar-refractivity contribution in [2.24, 2.45) is 0 Å². The molecule has 1 heteroatoms. The smallest absolute Gasteiger partial charge is 0.0485 e. The third-order valence-corrected chi connectivity index (χ3v) is 4.35. The lowest BCUT2D eigenvalue weighted by Gasteiger charge is -2.32. The zero-order valence-corrected chi connectivity index (χ0v) is 11.7. The summed E-state index contributed by atoms with van der Waals surface area (Å²) in [6, 6.07) is 6.92. The van der Waals surface area contributed by atoms with Gasteiger partial charge in [-0.25, -0.2) is 0 Å². The highest BCUT2D eigenvalue weighted by atomic mass is 14.7. The van der Waals surface area contributed by atoms with Crippen LogP contribution in [0.2, 0.25) is 0 Å². The van der Waals surface area contributed by atoms with Crippen LogP contribution in [-0.4, -0.2) is 4.98 Å². The van der Waals surface area contributed by atoms with Gasteiger partial charge in [-0.1, -0.05) is 39.8 Å². The molecule has 2 aromatic rings. The molecule has 0 amide bonds. The van der Waals surface area contributed by atoms with Crippen molar-refractivity contribution < 1.29 is 0 Å². The van der Waals surface area contributed by atoms with Gasteiger partial charge in [-0.3, -0.25) is 4.98 Å². The van der Waals surface area contributed by atoms with Gasteiger partial charge in [0.1, 0.15) is 0 Å². The summed E-state index contributed by atoms with van der Waals surface area (Å²) < 4.78 is 0. The van der Waals surface area contributed by atoms with Crippen LogP contribution in [0, 0.1) is 0 Å². The summed E-state index contributed by atoms with van der Waals surface area (Å²) in [7, 11) is 0. The fourth-order valence-electron chi connectivity index (χ4n) is 3.04. The minimum absolute atomic E-state index is 0.277. The second-order valence-corrected chi connectivity index (χ2v) is 6.46. The van der Waals surface area contributed by atoms with Crippen molar-refractivity contribution in [1.29, 1.82) is 0 Å². The summed E-state index contributed by atoms with van der Waals surface area (Å²) in [5.74, 6) is 0.583. The van der Waals surface area contributed by atoms with E-state index in [0.29, 0.717) is 5.92 Å². The number of aryl methyl sites for hydroxylation is 1. The minimum atomic E-state index is 0.277. The Morgan fingerprint density at radius 2 is 2.00 bits per heavy atom. The molecule has 0 bridgehead atoms. The molecule has 18 heavy (non-hydrogen) atoms. The molecule has 1 aliphatic carbocycles. The fraction of sp³-hybridized carbons (Fsp3) is 0.471. The first-order valence-corrected chi connectivity index (χ1v) is 6.91.